The van der Waals surface area contributed by atoms with Crippen LogP contribution in [0, 0.1) is 0 Å². The fourth-order valence-electron chi connectivity index (χ4n) is 2.93. The maximum Gasteiger partial charge on any atom is 0.323 e. The van der Waals surface area contributed by atoms with Gasteiger partial charge >= 0.3 is 5.97 Å². The lowest BCUT2D eigenvalue weighted by Crippen LogP contribution is -2.50. The summed E-state index contributed by atoms with van der Waals surface area (Å²) in [6.07, 6.45) is 0.110. The lowest BCUT2D eigenvalue weighted by Gasteiger charge is -2.33. The molecule has 1 atom stereocenters. The third kappa shape index (κ3) is 4.90. The Kier molecular flexibility index (Phi) is 5.80. The lowest BCUT2D eigenvalue weighted by atomic mass is 10.1. The summed E-state index contributed by atoms with van der Waals surface area (Å²) in [5, 5.41) is 2.88. The van der Waals surface area contributed by atoms with Crippen LogP contribution < -0.4 is 5.32 Å². The second kappa shape index (κ2) is 8.44. The molecule has 1 saturated heterocycles. The zero-order valence-corrected chi connectivity index (χ0v) is 14.1. The standard InChI is InChI=1S/C20H22N2O3/c23-19(21-14-16-7-3-1-4-8-16)13-18-20(24)25-12-11-22(18)15-17-9-5-2-6-10-17/h1-10,18H,11-15H2,(H,21,23)/t18-/m1/s1. The third-order valence-electron chi connectivity index (χ3n) is 4.28. The molecule has 1 amide bonds. The largest absolute Gasteiger partial charge is 0.463 e. The van der Waals surface area contributed by atoms with Crippen LogP contribution >= 0.6 is 0 Å². The highest BCUT2D eigenvalue weighted by atomic mass is 16.5. The van der Waals surface area contributed by atoms with Gasteiger partial charge in [0.1, 0.15) is 12.6 Å². The van der Waals surface area contributed by atoms with Crippen molar-refractivity contribution in [3.05, 3.63) is 71.8 Å². The van der Waals surface area contributed by atoms with Crippen LogP contribution in [0.15, 0.2) is 60.7 Å². The number of nitrogens with zero attached hydrogens (tertiary/aromatic N) is 1. The van der Waals surface area contributed by atoms with Gasteiger partial charge in [0.2, 0.25) is 5.91 Å². The van der Waals surface area contributed by atoms with E-state index in [2.05, 4.69) is 5.32 Å². The first-order valence-corrected chi connectivity index (χ1v) is 8.47. The number of amides is 1. The summed E-state index contributed by atoms with van der Waals surface area (Å²) >= 11 is 0. The minimum Gasteiger partial charge on any atom is -0.463 e. The van der Waals surface area contributed by atoms with E-state index in [9.17, 15) is 9.59 Å². The summed E-state index contributed by atoms with van der Waals surface area (Å²) in [6, 6.07) is 19.1. The highest BCUT2D eigenvalue weighted by molar-refractivity contribution is 5.85. The summed E-state index contributed by atoms with van der Waals surface area (Å²) in [4.78, 5) is 26.5. The third-order valence-corrected chi connectivity index (χ3v) is 4.28. The molecule has 5 nitrogen and oxygen atoms in total. The van der Waals surface area contributed by atoms with Gasteiger partial charge in [0.05, 0.1) is 6.42 Å². The lowest BCUT2D eigenvalue weighted by molar-refractivity contribution is -0.159. The van der Waals surface area contributed by atoms with Gasteiger partial charge in [-0.25, -0.2) is 0 Å². The molecule has 2 aromatic rings. The number of esters is 1. The van der Waals surface area contributed by atoms with E-state index >= 15 is 0 Å². The minimum absolute atomic E-state index is 0.110. The molecule has 0 bridgehead atoms. The first-order chi connectivity index (χ1) is 12.2. The summed E-state index contributed by atoms with van der Waals surface area (Å²) < 4.78 is 5.16. The smallest absolute Gasteiger partial charge is 0.323 e. The van der Waals surface area contributed by atoms with Crippen molar-refractivity contribution in [2.75, 3.05) is 13.2 Å². The van der Waals surface area contributed by atoms with E-state index in [1.54, 1.807) is 0 Å². The molecule has 0 radical (unpaired) electrons. The van der Waals surface area contributed by atoms with E-state index in [4.69, 9.17) is 4.74 Å². The first kappa shape index (κ1) is 17.2. The van der Waals surface area contributed by atoms with Crippen LogP contribution in [0.3, 0.4) is 0 Å². The second-order valence-electron chi connectivity index (χ2n) is 6.11. The molecule has 1 aliphatic rings. The van der Waals surface area contributed by atoms with E-state index < -0.39 is 6.04 Å². The predicted molar refractivity (Wildman–Crippen MR) is 94.5 cm³/mol. The van der Waals surface area contributed by atoms with Gasteiger partial charge in [-0.05, 0) is 11.1 Å². The Bertz CT molecular complexity index is 703. The SMILES string of the molecule is O=C(C[C@@H]1C(=O)OCCN1Cc1ccccc1)NCc1ccccc1. The fraction of sp³-hybridized carbons (Fsp3) is 0.300. The van der Waals surface area contributed by atoms with Crippen molar-refractivity contribution in [2.24, 2.45) is 0 Å². The summed E-state index contributed by atoms with van der Waals surface area (Å²) in [6.45, 7) is 2.10. The fourth-order valence-corrected chi connectivity index (χ4v) is 2.93. The molecule has 2 aromatic carbocycles. The van der Waals surface area contributed by atoms with Gasteiger partial charge in [0, 0.05) is 19.6 Å². The molecule has 1 aliphatic heterocycles. The van der Waals surface area contributed by atoms with Gasteiger partial charge in [0.15, 0.2) is 0 Å². The van der Waals surface area contributed by atoms with Crippen LogP contribution in [-0.2, 0) is 27.4 Å². The summed E-state index contributed by atoms with van der Waals surface area (Å²) in [7, 11) is 0. The molecular weight excluding hydrogens is 316 g/mol. The summed E-state index contributed by atoms with van der Waals surface area (Å²) in [5.74, 6) is -0.470. The van der Waals surface area contributed by atoms with Crippen molar-refractivity contribution in [1.29, 1.82) is 0 Å². The monoisotopic (exact) mass is 338 g/mol. The van der Waals surface area contributed by atoms with Crippen LogP contribution in [-0.4, -0.2) is 36.0 Å². The van der Waals surface area contributed by atoms with Crippen molar-refractivity contribution in [2.45, 2.75) is 25.6 Å². The Labute approximate surface area is 147 Å². The normalized spacial score (nSPS) is 17.8. The number of ether oxygens (including phenoxy) is 1. The summed E-state index contributed by atoms with van der Waals surface area (Å²) in [5.41, 5.74) is 2.15. The van der Waals surface area contributed by atoms with Gasteiger partial charge in [-0.15, -0.1) is 0 Å². The van der Waals surface area contributed by atoms with Crippen molar-refractivity contribution in [3.8, 4) is 0 Å². The number of nitrogens with one attached hydrogen (secondary N) is 1. The van der Waals surface area contributed by atoms with Gasteiger partial charge in [-0.1, -0.05) is 60.7 Å². The van der Waals surface area contributed by atoms with E-state index in [-0.39, 0.29) is 18.3 Å². The van der Waals surface area contributed by atoms with Crippen LogP contribution in [0.4, 0.5) is 0 Å². The molecule has 1 N–H and O–H groups in total. The molecule has 0 unspecified atom stereocenters. The van der Waals surface area contributed by atoms with E-state index in [1.165, 1.54) is 0 Å². The molecule has 130 valence electrons. The Balaban J connectivity index is 1.58. The zero-order valence-electron chi connectivity index (χ0n) is 14.1. The highest BCUT2D eigenvalue weighted by Crippen LogP contribution is 2.16. The number of rotatable bonds is 6. The second-order valence-corrected chi connectivity index (χ2v) is 6.11. The van der Waals surface area contributed by atoms with E-state index in [1.807, 2.05) is 65.6 Å². The van der Waals surface area contributed by atoms with E-state index in [0.29, 0.717) is 26.2 Å². The Morgan fingerprint density at radius 2 is 1.68 bits per heavy atom. The molecule has 1 heterocycles. The van der Waals surface area contributed by atoms with Crippen LogP contribution in [0.2, 0.25) is 0 Å². The Morgan fingerprint density at radius 3 is 2.36 bits per heavy atom. The Morgan fingerprint density at radius 1 is 1.04 bits per heavy atom. The molecule has 0 aromatic heterocycles. The van der Waals surface area contributed by atoms with Crippen LogP contribution in [0.5, 0.6) is 0 Å². The maximum absolute atomic E-state index is 12.3. The molecule has 1 fully saturated rings. The number of benzene rings is 2. The maximum atomic E-state index is 12.3. The van der Waals surface area contributed by atoms with Crippen molar-refractivity contribution >= 4 is 11.9 Å². The van der Waals surface area contributed by atoms with Gasteiger partial charge in [0.25, 0.3) is 0 Å². The number of morpholine rings is 1. The van der Waals surface area contributed by atoms with Gasteiger partial charge < -0.3 is 10.1 Å². The molecular formula is C20H22N2O3. The van der Waals surface area contributed by atoms with Gasteiger partial charge in [-0.3, -0.25) is 14.5 Å². The Hall–Kier alpha value is -2.66. The minimum atomic E-state index is -0.537. The number of carbonyl (C=O) groups is 2. The zero-order chi connectivity index (χ0) is 17.5. The topological polar surface area (TPSA) is 58.6 Å². The number of cyclic esters (lactones) is 1. The molecule has 0 spiro atoms. The average Bonchev–Trinajstić information content (AvgIpc) is 2.65. The van der Waals surface area contributed by atoms with Crippen molar-refractivity contribution in [1.82, 2.24) is 10.2 Å². The molecule has 0 saturated carbocycles. The molecule has 3 rings (SSSR count). The van der Waals surface area contributed by atoms with Crippen LogP contribution in [0.25, 0.3) is 0 Å². The quantitative estimate of drug-likeness (QED) is 0.820. The molecule has 25 heavy (non-hydrogen) atoms. The van der Waals surface area contributed by atoms with Crippen LogP contribution in [0.1, 0.15) is 17.5 Å². The number of carbonyl (C=O) groups excluding carboxylic acids is 2. The molecule has 0 aliphatic carbocycles. The molecule has 5 heteroatoms. The van der Waals surface area contributed by atoms with Gasteiger partial charge in [-0.2, -0.15) is 0 Å². The number of hydrogen-bond donors (Lipinski definition) is 1. The van der Waals surface area contributed by atoms with Crippen molar-refractivity contribution in [3.63, 3.8) is 0 Å². The highest BCUT2D eigenvalue weighted by Gasteiger charge is 2.33. The first-order valence-electron chi connectivity index (χ1n) is 8.47. The predicted octanol–water partition coefficient (Wildman–Crippen LogP) is 2.12. The van der Waals surface area contributed by atoms with Crippen molar-refractivity contribution < 1.29 is 14.3 Å². The van der Waals surface area contributed by atoms with E-state index in [0.717, 1.165) is 11.1 Å². The number of hydrogen-bond acceptors (Lipinski definition) is 4. The average molecular weight is 338 g/mol.